The number of aliphatic hydroxyl groups is 1. The van der Waals surface area contributed by atoms with E-state index >= 15 is 0 Å². The lowest BCUT2D eigenvalue weighted by molar-refractivity contribution is -0.137. The summed E-state index contributed by atoms with van der Waals surface area (Å²) in [4.78, 5) is 26.0. The van der Waals surface area contributed by atoms with Gasteiger partial charge in [0.05, 0.1) is 18.7 Å². The Hall–Kier alpha value is -3.40. The molecule has 2 aromatic heterocycles. The average Bonchev–Trinajstić information content (AvgIpc) is 3.49. The van der Waals surface area contributed by atoms with Crippen LogP contribution in [-0.4, -0.2) is 20.7 Å². The molecule has 7 nitrogen and oxygen atoms in total. The first kappa shape index (κ1) is 21.8. The molecule has 0 saturated heterocycles. The molecule has 32 heavy (non-hydrogen) atoms. The molecule has 0 unspecified atom stereocenters. The molecule has 10 heteroatoms. The number of nitrogens with zero attached hydrogens (tertiary/aromatic N) is 2. The Morgan fingerprint density at radius 3 is 2.66 bits per heavy atom. The zero-order chi connectivity index (χ0) is 23.0. The summed E-state index contributed by atoms with van der Waals surface area (Å²) < 4.78 is 45.8. The SMILES string of the molecule is Cc1c(C2CC2)cc(C(=O)NCc2cc(CO)no2)c(=O)n1-c1cccc(C(F)(F)F)c1. The van der Waals surface area contributed by atoms with E-state index in [1.807, 2.05) is 0 Å². The van der Waals surface area contributed by atoms with Gasteiger partial charge in [-0.1, -0.05) is 11.2 Å². The second-order valence-corrected chi connectivity index (χ2v) is 7.69. The summed E-state index contributed by atoms with van der Waals surface area (Å²) >= 11 is 0. The Kier molecular flexibility index (Phi) is 5.64. The van der Waals surface area contributed by atoms with Gasteiger partial charge in [-0.15, -0.1) is 0 Å². The molecular weight excluding hydrogens is 427 g/mol. The Labute approximate surface area is 180 Å². The van der Waals surface area contributed by atoms with Gasteiger partial charge in [-0.2, -0.15) is 13.2 Å². The average molecular weight is 447 g/mol. The van der Waals surface area contributed by atoms with Crippen molar-refractivity contribution in [3.05, 3.63) is 80.6 Å². The molecule has 1 aliphatic carbocycles. The van der Waals surface area contributed by atoms with Crippen molar-refractivity contribution in [2.24, 2.45) is 0 Å². The van der Waals surface area contributed by atoms with Crippen molar-refractivity contribution < 1.29 is 27.6 Å². The number of hydrogen-bond acceptors (Lipinski definition) is 5. The van der Waals surface area contributed by atoms with Gasteiger partial charge in [0.2, 0.25) is 0 Å². The molecule has 0 bridgehead atoms. The van der Waals surface area contributed by atoms with Crippen LogP contribution in [0.3, 0.4) is 0 Å². The maximum atomic E-state index is 13.2. The zero-order valence-electron chi connectivity index (χ0n) is 17.1. The molecule has 2 heterocycles. The normalized spacial score (nSPS) is 13.9. The van der Waals surface area contributed by atoms with Crippen molar-refractivity contribution in [2.75, 3.05) is 0 Å². The van der Waals surface area contributed by atoms with Gasteiger partial charge in [-0.3, -0.25) is 14.2 Å². The van der Waals surface area contributed by atoms with Crippen molar-refractivity contribution in [3.63, 3.8) is 0 Å². The predicted molar refractivity (Wildman–Crippen MR) is 107 cm³/mol. The number of carbonyl (C=O) groups excluding carboxylic acids is 1. The standard InChI is InChI=1S/C22H20F3N3O4/c1-12-18(13-5-6-13)9-19(20(30)26-10-17-8-15(11-29)27-32-17)21(31)28(12)16-4-2-3-14(7-16)22(23,24)25/h2-4,7-9,13,29H,5-6,10-11H2,1H3,(H,26,30). The van der Waals surface area contributed by atoms with Crippen LogP contribution >= 0.6 is 0 Å². The van der Waals surface area contributed by atoms with Crippen LogP contribution in [0.5, 0.6) is 0 Å². The van der Waals surface area contributed by atoms with Crippen molar-refractivity contribution in [3.8, 4) is 5.69 Å². The summed E-state index contributed by atoms with van der Waals surface area (Å²) in [5.74, 6) is -0.240. The van der Waals surface area contributed by atoms with E-state index < -0.39 is 23.2 Å². The molecule has 1 fully saturated rings. The molecule has 3 aromatic rings. The number of rotatable bonds is 6. The van der Waals surface area contributed by atoms with Crippen LogP contribution < -0.4 is 10.9 Å². The third-order valence-electron chi connectivity index (χ3n) is 5.37. The summed E-state index contributed by atoms with van der Waals surface area (Å²) in [6.07, 6.45) is -2.80. The fourth-order valence-electron chi connectivity index (χ4n) is 3.60. The van der Waals surface area contributed by atoms with E-state index in [1.54, 1.807) is 6.92 Å². The summed E-state index contributed by atoms with van der Waals surface area (Å²) in [5.41, 5.74) is -0.150. The largest absolute Gasteiger partial charge is 0.416 e. The maximum absolute atomic E-state index is 13.2. The number of hydrogen-bond donors (Lipinski definition) is 2. The van der Waals surface area contributed by atoms with Crippen molar-refractivity contribution in [2.45, 2.75) is 45.0 Å². The molecule has 2 N–H and O–H groups in total. The number of carbonyl (C=O) groups is 1. The van der Waals surface area contributed by atoms with E-state index in [9.17, 15) is 22.8 Å². The summed E-state index contributed by atoms with van der Waals surface area (Å²) in [6, 6.07) is 7.46. The lowest BCUT2D eigenvalue weighted by atomic mass is 10.0. The van der Waals surface area contributed by atoms with Crippen LogP contribution in [0.1, 0.15) is 57.4 Å². The van der Waals surface area contributed by atoms with Crippen LogP contribution in [0.4, 0.5) is 13.2 Å². The first-order valence-corrected chi connectivity index (χ1v) is 9.96. The van der Waals surface area contributed by atoms with Crippen LogP contribution in [-0.2, 0) is 19.3 Å². The number of nitrogens with one attached hydrogen (secondary N) is 1. The van der Waals surface area contributed by atoms with Gasteiger partial charge in [0.1, 0.15) is 11.3 Å². The third-order valence-corrected chi connectivity index (χ3v) is 5.37. The number of aromatic nitrogens is 2. The molecule has 0 spiro atoms. The van der Waals surface area contributed by atoms with Crippen molar-refractivity contribution >= 4 is 5.91 Å². The molecule has 1 saturated carbocycles. The summed E-state index contributed by atoms with van der Waals surface area (Å²) in [5, 5.41) is 15.2. The topological polar surface area (TPSA) is 97.4 Å². The highest BCUT2D eigenvalue weighted by atomic mass is 19.4. The first-order chi connectivity index (χ1) is 15.2. The Balaban J connectivity index is 1.73. The third kappa shape index (κ3) is 4.31. The second-order valence-electron chi connectivity index (χ2n) is 7.69. The van der Waals surface area contributed by atoms with Gasteiger partial charge in [0.25, 0.3) is 11.5 Å². The van der Waals surface area contributed by atoms with Crippen molar-refractivity contribution in [1.82, 2.24) is 15.0 Å². The second kappa shape index (κ2) is 8.27. The van der Waals surface area contributed by atoms with Crippen LogP contribution in [0.15, 0.2) is 45.7 Å². The Morgan fingerprint density at radius 1 is 1.28 bits per heavy atom. The fraction of sp³-hybridized carbons (Fsp3) is 0.318. The van der Waals surface area contributed by atoms with E-state index in [2.05, 4.69) is 10.5 Å². The minimum Gasteiger partial charge on any atom is -0.390 e. The minimum absolute atomic E-state index is 0.0432. The van der Waals surface area contributed by atoms with Gasteiger partial charge >= 0.3 is 6.18 Å². The van der Waals surface area contributed by atoms with Gasteiger partial charge in [0.15, 0.2) is 5.76 Å². The van der Waals surface area contributed by atoms with E-state index in [1.165, 1.54) is 24.3 Å². The van der Waals surface area contributed by atoms with Gasteiger partial charge in [0, 0.05) is 17.4 Å². The number of benzene rings is 1. The monoisotopic (exact) mass is 447 g/mol. The summed E-state index contributed by atoms with van der Waals surface area (Å²) in [7, 11) is 0. The number of halogens is 3. The molecule has 0 aliphatic heterocycles. The Morgan fingerprint density at radius 2 is 2.03 bits per heavy atom. The molecule has 4 rings (SSSR count). The van der Waals surface area contributed by atoms with Crippen molar-refractivity contribution in [1.29, 1.82) is 0 Å². The molecule has 1 aliphatic rings. The number of alkyl halides is 3. The van der Waals surface area contributed by atoms with E-state index in [4.69, 9.17) is 9.63 Å². The van der Waals surface area contributed by atoms with E-state index in [0.29, 0.717) is 11.4 Å². The Bertz CT molecular complexity index is 1230. The van der Waals surface area contributed by atoms with Crippen LogP contribution in [0.25, 0.3) is 5.69 Å². The number of pyridine rings is 1. The first-order valence-electron chi connectivity index (χ1n) is 9.96. The number of amides is 1. The van der Waals surface area contributed by atoms with Crippen LogP contribution in [0.2, 0.25) is 0 Å². The van der Waals surface area contributed by atoms with Gasteiger partial charge in [-0.05, 0) is 55.5 Å². The van der Waals surface area contributed by atoms with E-state index in [-0.39, 0.29) is 36.1 Å². The number of aliphatic hydroxyl groups excluding tert-OH is 1. The lowest BCUT2D eigenvalue weighted by Crippen LogP contribution is -2.34. The minimum atomic E-state index is -4.56. The van der Waals surface area contributed by atoms with Gasteiger partial charge in [-0.25, -0.2) is 0 Å². The zero-order valence-corrected chi connectivity index (χ0v) is 17.1. The fourth-order valence-corrected chi connectivity index (χ4v) is 3.60. The lowest BCUT2D eigenvalue weighted by Gasteiger charge is -2.17. The molecule has 1 amide bonds. The highest BCUT2D eigenvalue weighted by Gasteiger charge is 2.32. The highest BCUT2D eigenvalue weighted by Crippen LogP contribution is 2.42. The molecule has 0 atom stereocenters. The van der Waals surface area contributed by atoms with Crippen LogP contribution in [0, 0.1) is 6.92 Å². The highest BCUT2D eigenvalue weighted by molar-refractivity contribution is 5.94. The molecule has 1 aromatic carbocycles. The molecular formula is C22H20F3N3O4. The van der Waals surface area contributed by atoms with Gasteiger partial charge < -0.3 is 14.9 Å². The maximum Gasteiger partial charge on any atom is 0.416 e. The molecule has 0 radical (unpaired) electrons. The smallest absolute Gasteiger partial charge is 0.390 e. The quantitative estimate of drug-likeness (QED) is 0.603. The predicted octanol–water partition coefficient (Wildman–Crippen LogP) is 3.45. The van der Waals surface area contributed by atoms with E-state index in [0.717, 1.165) is 35.1 Å². The molecule has 168 valence electrons. The summed E-state index contributed by atoms with van der Waals surface area (Å²) in [6.45, 7) is 1.28.